The van der Waals surface area contributed by atoms with E-state index in [1.807, 2.05) is 7.11 Å². The Morgan fingerprint density at radius 3 is 2.89 bits per heavy atom. The van der Waals surface area contributed by atoms with Gasteiger partial charge in [0.05, 0.1) is 5.60 Å². The SMILES string of the molecule is COC1(C)CCCN(C(CN)c2cccc(C)c2)C1. The number of likely N-dealkylation sites (tertiary alicyclic amines) is 1. The normalized spacial score (nSPS) is 26.3. The molecule has 3 heteroatoms. The summed E-state index contributed by atoms with van der Waals surface area (Å²) in [5.41, 5.74) is 8.62. The third-order valence-corrected chi connectivity index (χ3v) is 4.27. The van der Waals surface area contributed by atoms with Crippen LogP contribution in [0.4, 0.5) is 0 Å². The Balaban J connectivity index is 2.17. The number of hydrogen-bond acceptors (Lipinski definition) is 3. The van der Waals surface area contributed by atoms with Gasteiger partial charge in [0.15, 0.2) is 0 Å². The van der Waals surface area contributed by atoms with E-state index in [9.17, 15) is 0 Å². The topological polar surface area (TPSA) is 38.5 Å². The zero-order valence-corrected chi connectivity index (χ0v) is 12.4. The fourth-order valence-corrected chi connectivity index (χ4v) is 3.05. The highest BCUT2D eigenvalue weighted by Gasteiger charge is 2.33. The van der Waals surface area contributed by atoms with Gasteiger partial charge in [-0.3, -0.25) is 4.90 Å². The molecule has 2 unspecified atom stereocenters. The molecule has 2 N–H and O–H groups in total. The minimum atomic E-state index is -0.0322. The lowest BCUT2D eigenvalue weighted by Gasteiger charge is -2.43. The molecule has 0 saturated carbocycles. The number of methoxy groups -OCH3 is 1. The molecule has 0 aliphatic carbocycles. The molecule has 1 saturated heterocycles. The van der Waals surface area contributed by atoms with Gasteiger partial charge in [-0.25, -0.2) is 0 Å². The first-order valence-corrected chi connectivity index (χ1v) is 7.14. The molecule has 0 aromatic heterocycles. The van der Waals surface area contributed by atoms with Crippen LogP contribution in [0.1, 0.15) is 36.9 Å². The van der Waals surface area contributed by atoms with E-state index < -0.39 is 0 Å². The van der Waals surface area contributed by atoms with Crippen LogP contribution in [0.15, 0.2) is 24.3 Å². The molecule has 1 aliphatic rings. The number of aryl methyl sites for hydroxylation is 1. The van der Waals surface area contributed by atoms with Crippen molar-refractivity contribution in [1.82, 2.24) is 4.90 Å². The molecule has 1 fully saturated rings. The highest BCUT2D eigenvalue weighted by atomic mass is 16.5. The fourth-order valence-electron chi connectivity index (χ4n) is 3.05. The summed E-state index contributed by atoms with van der Waals surface area (Å²) in [7, 11) is 1.81. The van der Waals surface area contributed by atoms with Gasteiger partial charge in [-0.05, 0) is 38.8 Å². The lowest BCUT2D eigenvalue weighted by molar-refractivity contribution is -0.0608. The molecule has 1 aromatic rings. The van der Waals surface area contributed by atoms with E-state index in [-0.39, 0.29) is 5.60 Å². The maximum Gasteiger partial charge on any atom is 0.0777 e. The predicted molar refractivity (Wildman–Crippen MR) is 79.2 cm³/mol. The van der Waals surface area contributed by atoms with Gasteiger partial charge in [-0.1, -0.05) is 29.8 Å². The van der Waals surface area contributed by atoms with Crippen LogP contribution < -0.4 is 5.73 Å². The van der Waals surface area contributed by atoms with E-state index in [0.717, 1.165) is 19.5 Å². The van der Waals surface area contributed by atoms with Crippen LogP contribution in [0.25, 0.3) is 0 Å². The minimum Gasteiger partial charge on any atom is -0.377 e. The summed E-state index contributed by atoms with van der Waals surface area (Å²) in [5, 5.41) is 0. The van der Waals surface area contributed by atoms with E-state index in [1.165, 1.54) is 17.5 Å². The van der Waals surface area contributed by atoms with E-state index in [1.54, 1.807) is 0 Å². The van der Waals surface area contributed by atoms with Crippen molar-refractivity contribution >= 4 is 0 Å². The maximum atomic E-state index is 6.03. The van der Waals surface area contributed by atoms with Crippen molar-refractivity contribution < 1.29 is 4.74 Å². The molecule has 2 rings (SSSR count). The van der Waals surface area contributed by atoms with Gasteiger partial charge in [-0.15, -0.1) is 0 Å². The Hall–Kier alpha value is -0.900. The summed E-state index contributed by atoms with van der Waals surface area (Å²) in [5.74, 6) is 0. The van der Waals surface area contributed by atoms with Crippen molar-refractivity contribution in [3.63, 3.8) is 0 Å². The van der Waals surface area contributed by atoms with E-state index >= 15 is 0 Å². The number of piperidine rings is 1. The van der Waals surface area contributed by atoms with Crippen LogP contribution in [0.3, 0.4) is 0 Å². The second-order valence-electron chi connectivity index (χ2n) is 5.89. The number of benzene rings is 1. The van der Waals surface area contributed by atoms with Crippen molar-refractivity contribution in [2.45, 2.75) is 38.3 Å². The van der Waals surface area contributed by atoms with Crippen molar-refractivity contribution in [3.05, 3.63) is 35.4 Å². The second kappa shape index (κ2) is 6.04. The van der Waals surface area contributed by atoms with E-state index in [0.29, 0.717) is 12.6 Å². The van der Waals surface area contributed by atoms with Crippen molar-refractivity contribution in [2.24, 2.45) is 5.73 Å². The van der Waals surface area contributed by atoms with Crippen molar-refractivity contribution in [2.75, 3.05) is 26.7 Å². The highest BCUT2D eigenvalue weighted by Crippen LogP contribution is 2.30. The maximum absolute atomic E-state index is 6.03. The highest BCUT2D eigenvalue weighted by molar-refractivity contribution is 5.25. The third-order valence-electron chi connectivity index (χ3n) is 4.27. The summed E-state index contributed by atoms with van der Waals surface area (Å²) in [6, 6.07) is 8.98. The fraction of sp³-hybridized carbons (Fsp3) is 0.625. The van der Waals surface area contributed by atoms with Crippen LogP contribution in [0.2, 0.25) is 0 Å². The monoisotopic (exact) mass is 262 g/mol. The number of nitrogens with zero attached hydrogens (tertiary/aromatic N) is 1. The summed E-state index contributed by atoms with van der Waals surface area (Å²) in [4.78, 5) is 2.47. The van der Waals surface area contributed by atoms with Crippen molar-refractivity contribution in [1.29, 1.82) is 0 Å². The lowest BCUT2D eigenvalue weighted by atomic mass is 9.92. The van der Waals surface area contributed by atoms with Gasteiger partial charge < -0.3 is 10.5 Å². The zero-order chi connectivity index (χ0) is 13.9. The number of hydrogen-bond donors (Lipinski definition) is 1. The van der Waals surface area contributed by atoms with Gasteiger partial charge in [0.2, 0.25) is 0 Å². The quantitative estimate of drug-likeness (QED) is 0.906. The molecule has 0 radical (unpaired) electrons. The Morgan fingerprint density at radius 1 is 1.47 bits per heavy atom. The van der Waals surface area contributed by atoms with Crippen LogP contribution in [0.5, 0.6) is 0 Å². The summed E-state index contributed by atoms with van der Waals surface area (Å²) < 4.78 is 5.68. The number of nitrogens with two attached hydrogens (primary N) is 1. The average molecular weight is 262 g/mol. The first kappa shape index (κ1) is 14.5. The Labute approximate surface area is 116 Å². The molecule has 3 nitrogen and oxygen atoms in total. The molecule has 1 heterocycles. The largest absolute Gasteiger partial charge is 0.377 e. The van der Waals surface area contributed by atoms with Crippen molar-refractivity contribution in [3.8, 4) is 0 Å². The van der Waals surface area contributed by atoms with Gasteiger partial charge in [0.25, 0.3) is 0 Å². The first-order valence-electron chi connectivity index (χ1n) is 7.14. The van der Waals surface area contributed by atoms with Crippen LogP contribution >= 0.6 is 0 Å². The van der Waals surface area contributed by atoms with Crippen LogP contribution in [-0.2, 0) is 4.74 Å². The van der Waals surface area contributed by atoms with E-state index in [4.69, 9.17) is 10.5 Å². The second-order valence-corrected chi connectivity index (χ2v) is 5.89. The summed E-state index contributed by atoms with van der Waals surface area (Å²) in [6.07, 6.45) is 2.30. The van der Waals surface area contributed by atoms with Gasteiger partial charge in [0, 0.05) is 26.2 Å². The number of ether oxygens (including phenoxy) is 1. The lowest BCUT2D eigenvalue weighted by Crippen LogP contribution is -2.49. The molecule has 2 atom stereocenters. The molecule has 1 aromatic carbocycles. The molecule has 0 bridgehead atoms. The number of rotatable bonds is 4. The van der Waals surface area contributed by atoms with Gasteiger partial charge in [0.1, 0.15) is 0 Å². The average Bonchev–Trinajstić information content (AvgIpc) is 2.40. The third kappa shape index (κ3) is 3.35. The minimum absolute atomic E-state index is 0.0322. The van der Waals surface area contributed by atoms with Crippen LogP contribution in [0, 0.1) is 6.92 Å². The predicted octanol–water partition coefficient (Wildman–Crippen LogP) is 2.50. The Morgan fingerprint density at radius 2 is 2.26 bits per heavy atom. The smallest absolute Gasteiger partial charge is 0.0777 e. The molecular weight excluding hydrogens is 236 g/mol. The first-order chi connectivity index (χ1) is 9.08. The van der Waals surface area contributed by atoms with E-state index in [2.05, 4.69) is 43.0 Å². The Bertz CT molecular complexity index is 421. The standard InChI is InChI=1S/C16H26N2O/c1-13-6-4-7-14(10-13)15(11-17)18-9-5-8-16(2,12-18)19-3/h4,6-7,10,15H,5,8-9,11-12,17H2,1-3H3. The molecule has 0 amide bonds. The summed E-state index contributed by atoms with van der Waals surface area (Å²) in [6.45, 7) is 7.05. The van der Waals surface area contributed by atoms with Crippen LogP contribution in [-0.4, -0.2) is 37.2 Å². The summed E-state index contributed by atoms with van der Waals surface area (Å²) >= 11 is 0. The Kier molecular flexibility index (Phi) is 4.61. The molecule has 106 valence electrons. The molecule has 0 spiro atoms. The molecular formula is C16H26N2O. The zero-order valence-electron chi connectivity index (χ0n) is 12.4. The molecule has 1 aliphatic heterocycles. The van der Waals surface area contributed by atoms with Gasteiger partial charge in [-0.2, -0.15) is 0 Å². The molecule has 19 heavy (non-hydrogen) atoms. The van der Waals surface area contributed by atoms with Gasteiger partial charge >= 0.3 is 0 Å².